The fourth-order valence-corrected chi connectivity index (χ4v) is 3.37. The molecule has 142 valence electrons. The van der Waals surface area contributed by atoms with Crippen molar-refractivity contribution in [2.75, 3.05) is 13.1 Å². The molecule has 0 radical (unpaired) electrons. The van der Waals surface area contributed by atoms with Gasteiger partial charge in [-0.15, -0.1) is 0 Å². The van der Waals surface area contributed by atoms with Gasteiger partial charge < -0.3 is 5.32 Å². The van der Waals surface area contributed by atoms with Crippen LogP contribution in [0.25, 0.3) is 0 Å². The number of carbonyl (C=O) groups is 2. The van der Waals surface area contributed by atoms with Crippen molar-refractivity contribution in [2.45, 2.75) is 38.9 Å². The highest BCUT2D eigenvalue weighted by molar-refractivity contribution is 6.06. The first-order valence-corrected chi connectivity index (χ1v) is 9.40. The van der Waals surface area contributed by atoms with Gasteiger partial charge in [-0.2, -0.15) is 0 Å². The second kappa shape index (κ2) is 8.35. The Hall–Kier alpha value is -2.66. The van der Waals surface area contributed by atoms with Gasteiger partial charge in [-0.05, 0) is 31.4 Å². The molecule has 0 aliphatic carbocycles. The van der Waals surface area contributed by atoms with Crippen molar-refractivity contribution in [3.05, 3.63) is 71.8 Å². The van der Waals surface area contributed by atoms with Gasteiger partial charge in [0.2, 0.25) is 0 Å². The summed E-state index contributed by atoms with van der Waals surface area (Å²) >= 11 is 0. The van der Waals surface area contributed by atoms with Crippen LogP contribution in [0.15, 0.2) is 60.7 Å². The van der Waals surface area contributed by atoms with E-state index in [0.717, 1.165) is 26.1 Å². The van der Waals surface area contributed by atoms with Crippen LogP contribution in [-0.2, 0) is 17.9 Å². The average Bonchev–Trinajstić information content (AvgIpc) is 2.85. The number of hydrogen-bond acceptors (Lipinski definition) is 3. The fourth-order valence-electron chi connectivity index (χ4n) is 3.37. The van der Waals surface area contributed by atoms with E-state index in [1.165, 1.54) is 16.0 Å². The van der Waals surface area contributed by atoms with E-state index in [4.69, 9.17) is 0 Å². The van der Waals surface area contributed by atoms with Crippen LogP contribution in [-0.4, -0.2) is 40.4 Å². The Morgan fingerprint density at radius 3 is 1.85 bits per heavy atom. The number of urea groups is 1. The lowest BCUT2D eigenvalue weighted by atomic mass is 10.1. The van der Waals surface area contributed by atoms with E-state index in [9.17, 15) is 9.59 Å². The van der Waals surface area contributed by atoms with Crippen molar-refractivity contribution in [3.63, 3.8) is 0 Å². The number of carbonyl (C=O) groups excluding carboxylic acids is 2. The zero-order valence-corrected chi connectivity index (χ0v) is 16.0. The van der Waals surface area contributed by atoms with E-state index in [2.05, 4.69) is 34.5 Å². The minimum atomic E-state index is -0.801. The number of nitrogens with zero attached hydrogens (tertiary/aromatic N) is 2. The van der Waals surface area contributed by atoms with E-state index in [1.54, 1.807) is 13.8 Å². The molecule has 1 heterocycles. The highest BCUT2D eigenvalue weighted by Crippen LogP contribution is 2.17. The van der Waals surface area contributed by atoms with Crippen LogP contribution in [0.4, 0.5) is 4.79 Å². The smallest absolute Gasteiger partial charge is 0.324 e. The number of amides is 3. The molecule has 27 heavy (non-hydrogen) atoms. The Bertz CT molecular complexity index is 733. The molecule has 0 bridgehead atoms. The quantitative estimate of drug-likeness (QED) is 0.730. The summed E-state index contributed by atoms with van der Waals surface area (Å²) in [5, 5.41) is 2.73. The zero-order chi connectivity index (χ0) is 19.3. The van der Waals surface area contributed by atoms with E-state index in [1.807, 2.05) is 36.4 Å². The summed E-state index contributed by atoms with van der Waals surface area (Å²) in [4.78, 5) is 28.1. The van der Waals surface area contributed by atoms with E-state index >= 15 is 0 Å². The van der Waals surface area contributed by atoms with Gasteiger partial charge in [-0.25, -0.2) is 4.79 Å². The summed E-state index contributed by atoms with van der Waals surface area (Å²) in [6, 6.07) is 20.4. The molecule has 0 aromatic heterocycles. The van der Waals surface area contributed by atoms with Crippen LogP contribution in [0.5, 0.6) is 0 Å². The molecule has 2 aromatic rings. The first-order valence-electron chi connectivity index (χ1n) is 9.40. The zero-order valence-electron chi connectivity index (χ0n) is 16.0. The second-order valence-corrected chi connectivity index (χ2v) is 7.55. The van der Waals surface area contributed by atoms with Crippen molar-refractivity contribution in [1.82, 2.24) is 15.1 Å². The molecule has 1 aliphatic heterocycles. The van der Waals surface area contributed by atoms with E-state index in [0.29, 0.717) is 6.54 Å². The molecule has 1 aliphatic rings. The van der Waals surface area contributed by atoms with Gasteiger partial charge in [0.1, 0.15) is 5.54 Å². The predicted octanol–water partition coefficient (Wildman–Crippen LogP) is 3.41. The van der Waals surface area contributed by atoms with Gasteiger partial charge in [0.15, 0.2) is 0 Å². The van der Waals surface area contributed by atoms with Crippen LogP contribution in [0, 0.1) is 0 Å². The Balaban J connectivity index is 1.61. The van der Waals surface area contributed by atoms with Crippen LogP contribution in [0.3, 0.4) is 0 Å². The molecule has 1 fully saturated rings. The molecule has 1 saturated heterocycles. The van der Waals surface area contributed by atoms with Gasteiger partial charge in [0.05, 0.1) is 0 Å². The summed E-state index contributed by atoms with van der Waals surface area (Å²) in [7, 11) is 0. The first-order chi connectivity index (χ1) is 13.0. The molecular formula is C22H27N3O2. The second-order valence-electron chi connectivity index (χ2n) is 7.55. The molecule has 1 N–H and O–H groups in total. The van der Waals surface area contributed by atoms with Gasteiger partial charge in [0, 0.05) is 26.2 Å². The lowest BCUT2D eigenvalue weighted by Crippen LogP contribution is -2.40. The molecule has 0 atom stereocenters. The lowest BCUT2D eigenvalue weighted by molar-refractivity contribution is -0.130. The molecule has 0 unspecified atom stereocenters. The number of benzene rings is 2. The Kier molecular flexibility index (Phi) is 5.91. The lowest BCUT2D eigenvalue weighted by Gasteiger charge is -2.24. The fraction of sp³-hybridized carbons (Fsp3) is 0.364. The van der Waals surface area contributed by atoms with Gasteiger partial charge in [0.25, 0.3) is 5.91 Å². The predicted molar refractivity (Wildman–Crippen MR) is 106 cm³/mol. The maximum atomic E-state index is 12.3. The maximum Gasteiger partial charge on any atom is 0.325 e. The summed E-state index contributed by atoms with van der Waals surface area (Å²) < 4.78 is 0. The molecule has 3 rings (SSSR count). The molecule has 0 spiro atoms. The number of nitrogens with one attached hydrogen (secondary N) is 1. The largest absolute Gasteiger partial charge is 0.325 e. The minimum Gasteiger partial charge on any atom is -0.324 e. The Morgan fingerprint density at radius 2 is 1.41 bits per heavy atom. The van der Waals surface area contributed by atoms with Gasteiger partial charge in [-0.1, -0.05) is 60.7 Å². The molecule has 5 heteroatoms. The average molecular weight is 365 g/mol. The highest BCUT2D eigenvalue weighted by Gasteiger charge is 2.43. The van der Waals surface area contributed by atoms with E-state index in [-0.39, 0.29) is 11.9 Å². The third-order valence-corrected chi connectivity index (χ3v) is 4.80. The molecule has 0 saturated carbocycles. The first kappa shape index (κ1) is 19.1. The topological polar surface area (TPSA) is 52.7 Å². The summed E-state index contributed by atoms with van der Waals surface area (Å²) in [5.41, 5.74) is 1.71. The molecule has 3 amide bonds. The van der Waals surface area contributed by atoms with Crippen LogP contribution < -0.4 is 5.32 Å². The Morgan fingerprint density at radius 1 is 0.889 bits per heavy atom. The third-order valence-electron chi connectivity index (χ3n) is 4.80. The molecule has 5 nitrogen and oxygen atoms in total. The summed E-state index contributed by atoms with van der Waals surface area (Å²) in [5.74, 6) is -0.148. The monoisotopic (exact) mass is 365 g/mol. The van der Waals surface area contributed by atoms with Crippen LogP contribution in [0.2, 0.25) is 0 Å². The van der Waals surface area contributed by atoms with Crippen molar-refractivity contribution in [1.29, 1.82) is 0 Å². The van der Waals surface area contributed by atoms with Crippen molar-refractivity contribution < 1.29 is 9.59 Å². The molecular weight excluding hydrogens is 338 g/mol. The highest BCUT2D eigenvalue weighted by atomic mass is 16.2. The third kappa shape index (κ3) is 4.95. The normalized spacial score (nSPS) is 16.0. The van der Waals surface area contributed by atoms with Crippen LogP contribution >= 0.6 is 0 Å². The maximum absolute atomic E-state index is 12.3. The van der Waals surface area contributed by atoms with Crippen LogP contribution in [0.1, 0.15) is 31.4 Å². The number of imide groups is 1. The van der Waals surface area contributed by atoms with E-state index < -0.39 is 5.54 Å². The van der Waals surface area contributed by atoms with Gasteiger partial charge in [-0.3, -0.25) is 14.6 Å². The number of hydrogen-bond donors (Lipinski definition) is 1. The summed E-state index contributed by atoms with van der Waals surface area (Å²) in [6.45, 7) is 6.40. The summed E-state index contributed by atoms with van der Waals surface area (Å²) in [6.07, 6.45) is 0.745. The Labute approximate surface area is 161 Å². The minimum absolute atomic E-state index is 0.148. The van der Waals surface area contributed by atoms with Crippen molar-refractivity contribution in [2.24, 2.45) is 0 Å². The molecule has 2 aromatic carbocycles. The van der Waals surface area contributed by atoms with Crippen molar-refractivity contribution >= 4 is 11.9 Å². The van der Waals surface area contributed by atoms with Gasteiger partial charge >= 0.3 is 6.03 Å². The van der Waals surface area contributed by atoms with Crippen molar-refractivity contribution in [3.8, 4) is 0 Å². The standard InChI is InChI=1S/C22H27N3O2/c1-22(2)20(26)25(21(27)23-22)15-9-14-24(16-18-10-5-3-6-11-18)17-19-12-7-4-8-13-19/h3-8,10-13H,9,14-17H2,1-2H3,(H,23,27). The SMILES string of the molecule is CC1(C)NC(=O)N(CCCN(Cc2ccccc2)Cc2ccccc2)C1=O. The number of rotatable bonds is 8.